The van der Waals surface area contributed by atoms with Gasteiger partial charge in [-0.1, -0.05) is 35.5 Å². The molecule has 3 heterocycles. The second-order valence-corrected chi connectivity index (χ2v) is 7.18. The van der Waals surface area contributed by atoms with Crippen molar-refractivity contribution in [2.24, 2.45) is 5.16 Å². The fraction of sp³-hybridized carbons (Fsp3) is 0.130. The van der Waals surface area contributed by atoms with Gasteiger partial charge in [0.15, 0.2) is 23.7 Å². The molecule has 0 aliphatic rings. The highest BCUT2D eigenvalue weighted by molar-refractivity contribution is 5.94. The second-order valence-electron chi connectivity index (χ2n) is 7.18. The molecule has 0 bridgehead atoms. The largest absolute Gasteiger partial charge is 0.387 e. The van der Waals surface area contributed by atoms with E-state index in [0.29, 0.717) is 11.5 Å². The monoisotopic (exact) mass is 414 g/mol. The molecule has 0 radical (unpaired) electrons. The summed E-state index contributed by atoms with van der Waals surface area (Å²) in [5.41, 5.74) is 5.28. The lowest BCUT2D eigenvalue weighted by molar-refractivity contribution is 0.126. The number of benzene rings is 2. The lowest BCUT2D eigenvalue weighted by Crippen LogP contribution is -1.99. The van der Waals surface area contributed by atoms with Crippen molar-refractivity contribution in [2.75, 3.05) is 0 Å². The lowest BCUT2D eigenvalue weighted by atomic mass is 10.2. The van der Waals surface area contributed by atoms with Crippen LogP contribution >= 0.6 is 0 Å². The molecule has 0 aliphatic carbocycles. The van der Waals surface area contributed by atoms with Crippen LogP contribution in [0.2, 0.25) is 0 Å². The molecule has 0 spiro atoms. The molecule has 5 aromatic rings. The summed E-state index contributed by atoms with van der Waals surface area (Å²) in [4.78, 5) is 14.6. The van der Waals surface area contributed by atoms with E-state index in [2.05, 4.69) is 20.2 Å². The third-order valence-electron chi connectivity index (χ3n) is 5.23. The van der Waals surface area contributed by atoms with Crippen LogP contribution < -0.4 is 0 Å². The van der Waals surface area contributed by atoms with E-state index in [1.807, 2.05) is 48.7 Å². The van der Waals surface area contributed by atoms with Crippen molar-refractivity contribution < 1.29 is 9.23 Å². The third-order valence-corrected chi connectivity index (χ3v) is 5.23. The van der Waals surface area contributed by atoms with Gasteiger partial charge < -0.3 is 4.84 Å². The number of fused-ring (bicyclic) bond motifs is 3. The van der Waals surface area contributed by atoms with E-state index in [4.69, 9.17) is 4.84 Å². The van der Waals surface area contributed by atoms with Gasteiger partial charge in [-0.25, -0.2) is 18.9 Å². The Labute approximate surface area is 177 Å². The van der Waals surface area contributed by atoms with E-state index >= 15 is 0 Å². The fourth-order valence-electron chi connectivity index (χ4n) is 3.60. The van der Waals surface area contributed by atoms with Gasteiger partial charge in [-0.05, 0) is 49.2 Å². The summed E-state index contributed by atoms with van der Waals surface area (Å²) in [5.74, 6) is 0.230. The predicted molar refractivity (Wildman–Crippen MR) is 116 cm³/mol. The molecular formula is C23H19FN6O. The maximum Gasteiger partial charge on any atom is 0.192 e. The van der Waals surface area contributed by atoms with Gasteiger partial charge in [0.2, 0.25) is 0 Å². The molecule has 2 aromatic carbocycles. The van der Waals surface area contributed by atoms with Crippen LogP contribution in [0.5, 0.6) is 0 Å². The van der Waals surface area contributed by atoms with Gasteiger partial charge in [0, 0.05) is 11.4 Å². The number of nitrogens with zero attached hydrogens (tertiary/aromatic N) is 6. The zero-order valence-corrected chi connectivity index (χ0v) is 17.0. The molecule has 8 heteroatoms. The first-order valence-corrected chi connectivity index (χ1v) is 9.80. The Morgan fingerprint density at radius 2 is 1.81 bits per heavy atom. The molecule has 7 nitrogen and oxygen atoms in total. The normalized spacial score (nSPS) is 11.7. The SMILES string of the molecule is Cc1c(C)n(-c2ccc(F)cc2)c2ncn3nc(CO/N=C\c4ccccc4)nc3c12. The van der Waals surface area contributed by atoms with Crippen LogP contribution in [0.25, 0.3) is 22.4 Å². The average molecular weight is 414 g/mol. The molecule has 0 N–H and O–H groups in total. The van der Waals surface area contributed by atoms with Crippen molar-refractivity contribution in [1.82, 2.24) is 24.1 Å². The Morgan fingerprint density at radius 3 is 2.58 bits per heavy atom. The van der Waals surface area contributed by atoms with E-state index in [-0.39, 0.29) is 12.4 Å². The molecule has 0 unspecified atom stereocenters. The molecule has 0 fully saturated rings. The maximum atomic E-state index is 13.4. The van der Waals surface area contributed by atoms with Crippen LogP contribution in [0.4, 0.5) is 4.39 Å². The first-order valence-electron chi connectivity index (χ1n) is 9.80. The molecule has 0 atom stereocenters. The second kappa shape index (κ2) is 7.64. The van der Waals surface area contributed by atoms with Crippen molar-refractivity contribution >= 4 is 22.9 Å². The van der Waals surface area contributed by atoms with Gasteiger partial charge in [-0.15, -0.1) is 5.10 Å². The molecule has 0 amide bonds. The van der Waals surface area contributed by atoms with Gasteiger partial charge in [0.1, 0.15) is 12.1 Å². The number of halogens is 1. The molecule has 0 aliphatic heterocycles. The Bertz CT molecular complexity index is 1400. The average Bonchev–Trinajstić information content (AvgIpc) is 3.31. The van der Waals surface area contributed by atoms with Crippen molar-refractivity contribution in [3.8, 4) is 5.69 Å². The molecule has 0 saturated carbocycles. The summed E-state index contributed by atoms with van der Waals surface area (Å²) in [6.07, 6.45) is 3.27. The number of rotatable bonds is 5. The fourth-order valence-corrected chi connectivity index (χ4v) is 3.60. The van der Waals surface area contributed by atoms with Gasteiger partial charge in [0.05, 0.1) is 11.6 Å². The Balaban J connectivity index is 1.49. The highest BCUT2D eigenvalue weighted by Gasteiger charge is 2.19. The third kappa shape index (κ3) is 3.42. The van der Waals surface area contributed by atoms with E-state index < -0.39 is 0 Å². The van der Waals surface area contributed by atoms with Crippen LogP contribution in [0.3, 0.4) is 0 Å². The number of aromatic nitrogens is 5. The summed E-state index contributed by atoms with van der Waals surface area (Å²) in [6.45, 7) is 4.17. The van der Waals surface area contributed by atoms with E-state index in [1.54, 1.807) is 29.2 Å². The van der Waals surface area contributed by atoms with Crippen molar-refractivity contribution in [3.63, 3.8) is 0 Å². The molecule has 154 valence electrons. The Kier molecular flexibility index (Phi) is 4.66. The minimum Gasteiger partial charge on any atom is -0.387 e. The molecule has 3 aromatic heterocycles. The number of oxime groups is 1. The van der Waals surface area contributed by atoms with Crippen LogP contribution in [-0.2, 0) is 11.4 Å². The first kappa shape index (κ1) is 18.9. The van der Waals surface area contributed by atoms with Crippen LogP contribution in [0.15, 0.2) is 66.1 Å². The molecular weight excluding hydrogens is 395 g/mol. The van der Waals surface area contributed by atoms with Gasteiger partial charge in [-0.3, -0.25) is 4.57 Å². The molecule has 0 saturated heterocycles. The Hall–Kier alpha value is -4.07. The first-order chi connectivity index (χ1) is 15.1. The van der Waals surface area contributed by atoms with Gasteiger partial charge >= 0.3 is 0 Å². The summed E-state index contributed by atoms with van der Waals surface area (Å²) < 4.78 is 17.0. The van der Waals surface area contributed by atoms with Crippen molar-refractivity contribution in [2.45, 2.75) is 20.5 Å². The van der Waals surface area contributed by atoms with Crippen LogP contribution in [0, 0.1) is 19.7 Å². The number of hydrogen-bond acceptors (Lipinski definition) is 5. The molecule has 5 rings (SSSR count). The Morgan fingerprint density at radius 1 is 1.03 bits per heavy atom. The summed E-state index contributed by atoms with van der Waals surface area (Å²) >= 11 is 0. The number of hydrogen-bond donors (Lipinski definition) is 0. The smallest absolute Gasteiger partial charge is 0.192 e. The van der Waals surface area contributed by atoms with Gasteiger partial charge in [0.25, 0.3) is 0 Å². The zero-order valence-electron chi connectivity index (χ0n) is 17.0. The van der Waals surface area contributed by atoms with E-state index in [0.717, 1.165) is 33.5 Å². The van der Waals surface area contributed by atoms with Gasteiger partial charge in [-0.2, -0.15) is 0 Å². The predicted octanol–water partition coefficient (Wildman–Crippen LogP) is 4.37. The van der Waals surface area contributed by atoms with Crippen molar-refractivity contribution in [1.29, 1.82) is 0 Å². The summed E-state index contributed by atoms with van der Waals surface area (Å²) in [7, 11) is 0. The summed E-state index contributed by atoms with van der Waals surface area (Å²) in [6, 6.07) is 16.1. The molecule has 31 heavy (non-hydrogen) atoms. The minimum absolute atomic E-state index is 0.142. The highest BCUT2D eigenvalue weighted by Crippen LogP contribution is 2.29. The van der Waals surface area contributed by atoms with Crippen LogP contribution in [0.1, 0.15) is 22.6 Å². The summed E-state index contributed by atoms with van der Waals surface area (Å²) in [5, 5.41) is 9.34. The van der Waals surface area contributed by atoms with E-state index in [1.165, 1.54) is 12.1 Å². The van der Waals surface area contributed by atoms with E-state index in [9.17, 15) is 4.39 Å². The maximum absolute atomic E-state index is 13.4. The highest BCUT2D eigenvalue weighted by atomic mass is 19.1. The minimum atomic E-state index is -0.276. The topological polar surface area (TPSA) is 69.6 Å². The zero-order chi connectivity index (χ0) is 21.4. The quantitative estimate of drug-likeness (QED) is 0.316. The standard InChI is InChI=1S/C23H19FN6O/c1-15-16(2)30(19-10-8-18(24)9-11-19)22-21(15)23-27-20(28-29(23)14-25-22)13-31-26-12-17-6-4-3-5-7-17/h3-12,14H,13H2,1-2H3/b26-12-. The lowest BCUT2D eigenvalue weighted by Gasteiger charge is -2.07. The van der Waals surface area contributed by atoms with Crippen molar-refractivity contribution in [3.05, 3.63) is 89.4 Å². The van der Waals surface area contributed by atoms with Crippen LogP contribution in [-0.4, -0.2) is 30.4 Å². The number of aryl methyl sites for hydroxylation is 1.